The van der Waals surface area contributed by atoms with Gasteiger partial charge in [0.2, 0.25) is 10.0 Å². The molecule has 0 spiro atoms. The van der Waals surface area contributed by atoms with Gasteiger partial charge in [-0.2, -0.15) is 21.1 Å². The first-order valence-corrected chi connectivity index (χ1v) is 14.7. The Balaban J connectivity index is 1.65. The molecular weight excluding hydrogens is 474 g/mol. The number of aromatic nitrogens is 1. The van der Waals surface area contributed by atoms with E-state index in [-0.39, 0.29) is 17.3 Å². The molecule has 2 aromatic carbocycles. The van der Waals surface area contributed by atoms with Crippen molar-refractivity contribution in [2.45, 2.75) is 38.1 Å². The largest absolute Gasteiger partial charge is 0.316 e. The monoisotopic (exact) mass is 503 g/mol. The lowest BCUT2D eigenvalue weighted by Crippen LogP contribution is -2.42. The molecule has 1 aliphatic rings. The average molecular weight is 504 g/mol. The van der Waals surface area contributed by atoms with E-state index >= 15 is 0 Å². The summed E-state index contributed by atoms with van der Waals surface area (Å²) in [5, 5.41) is 0. The standard InChI is InChI=1S/C24H29N3O3S3/c1-17-14-21-22(15-18(17)2)32-24(27(21)12-13-31-3)25-23(28)19-8-7-11-26(16-19)33(29,30)20-9-5-4-6-10-20/h4-6,9-10,14-15,19H,7-8,11-13,16H2,1-3H3. The maximum atomic E-state index is 13.2. The molecule has 176 valence electrons. The quantitative estimate of drug-likeness (QED) is 0.505. The van der Waals surface area contributed by atoms with Gasteiger partial charge in [0.05, 0.1) is 21.0 Å². The number of carbonyl (C=O) groups excluding carboxylic acids is 1. The highest BCUT2D eigenvalue weighted by Gasteiger charge is 2.33. The van der Waals surface area contributed by atoms with E-state index in [0.717, 1.165) is 22.5 Å². The van der Waals surface area contributed by atoms with Crippen molar-refractivity contribution in [3.63, 3.8) is 0 Å². The molecule has 0 aliphatic carbocycles. The van der Waals surface area contributed by atoms with Crippen LogP contribution in [0.15, 0.2) is 52.4 Å². The van der Waals surface area contributed by atoms with Crippen molar-refractivity contribution in [2.24, 2.45) is 10.9 Å². The maximum absolute atomic E-state index is 13.2. The van der Waals surface area contributed by atoms with Crippen molar-refractivity contribution in [1.29, 1.82) is 0 Å². The molecule has 1 fully saturated rings. The fraction of sp³-hybridized carbons (Fsp3) is 0.417. The minimum Gasteiger partial charge on any atom is -0.316 e. The van der Waals surface area contributed by atoms with E-state index in [9.17, 15) is 13.2 Å². The summed E-state index contributed by atoms with van der Waals surface area (Å²) in [5.74, 6) is 0.257. The Morgan fingerprint density at radius 3 is 2.64 bits per heavy atom. The summed E-state index contributed by atoms with van der Waals surface area (Å²) in [4.78, 5) is 18.7. The number of aryl methyl sites for hydroxylation is 3. The van der Waals surface area contributed by atoms with Crippen LogP contribution in [0.2, 0.25) is 0 Å². The number of amides is 1. The summed E-state index contributed by atoms with van der Waals surface area (Å²) in [6.07, 6.45) is 3.36. The van der Waals surface area contributed by atoms with Gasteiger partial charge in [-0.1, -0.05) is 29.5 Å². The Morgan fingerprint density at radius 1 is 1.18 bits per heavy atom. The summed E-state index contributed by atoms with van der Waals surface area (Å²) in [5.41, 5.74) is 3.53. The lowest BCUT2D eigenvalue weighted by atomic mass is 9.99. The van der Waals surface area contributed by atoms with Crippen LogP contribution in [0.3, 0.4) is 0 Å². The van der Waals surface area contributed by atoms with Crippen molar-refractivity contribution in [3.8, 4) is 0 Å². The number of nitrogens with zero attached hydrogens (tertiary/aromatic N) is 3. The maximum Gasteiger partial charge on any atom is 0.252 e. The van der Waals surface area contributed by atoms with Gasteiger partial charge in [0.1, 0.15) is 0 Å². The molecule has 1 saturated heterocycles. The first kappa shape index (κ1) is 24.2. The van der Waals surface area contributed by atoms with E-state index in [4.69, 9.17) is 0 Å². The van der Waals surface area contributed by atoms with Gasteiger partial charge in [0.15, 0.2) is 4.80 Å². The van der Waals surface area contributed by atoms with Crippen LogP contribution in [0.4, 0.5) is 0 Å². The number of fused-ring (bicyclic) bond motifs is 1. The molecule has 1 amide bonds. The van der Waals surface area contributed by atoms with Crippen LogP contribution in [0.5, 0.6) is 0 Å². The predicted octanol–water partition coefficient (Wildman–Crippen LogP) is 4.21. The van der Waals surface area contributed by atoms with Gasteiger partial charge in [-0.25, -0.2) is 8.42 Å². The van der Waals surface area contributed by atoms with Crippen LogP contribution in [-0.2, 0) is 21.4 Å². The zero-order valence-corrected chi connectivity index (χ0v) is 21.6. The van der Waals surface area contributed by atoms with Crippen LogP contribution < -0.4 is 4.80 Å². The Bertz CT molecular complexity index is 1330. The van der Waals surface area contributed by atoms with E-state index in [0.29, 0.717) is 24.2 Å². The van der Waals surface area contributed by atoms with Crippen LogP contribution in [0, 0.1) is 19.8 Å². The minimum absolute atomic E-state index is 0.174. The minimum atomic E-state index is -3.62. The van der Waals surface area contributed by atoms with Crippen molar-refractivity contribution >= 4 is 49.2 Å². The van der Waals surface area contributed by atoms with Gasteiger partial charge in [-0.15, -0.1) is 0 Å². The molecule has 0 radical (unpaired) electrons. The van der Waals surface area contributed by atoms with Crippen LogP contribution in [-0.4, -0.2) is 48.3 Å². The van der Waals surface area contributed by atoms with Gasteiger partial charge in [-0.05, 0) is 68.3 Å². The molecule has 0 N–H and O–H groups in total. The number of hydrogen-bond donors (Lipinski definition) is 0. The summed E-state index contributed by atoms with van der Waals surface area (Å²) in [6.45, 7) is 5.56. The molecule has 9 heteroatoms. The molecule has 3 aromatic rings. The highest BCUT2D eigenvalue weighted by atomic mass is 32.2. The molecule has 1 aliphatic heterocycles. The van der Waals surface area contributed by atoms with Gasteiger partial charge in [-0.3, -0.25) is 4.79 Å². The molecule has 2 heterocycles. The first-order chi connectivity index (χ1) is 15.8. The SMILES string of the molecule is CSCCn1c(=NC(=O)C2CCCN(S(=O)(=O)c3ccccc3)C2)sc2cc(C)c(C)cc21. The molecule has 1 atom stereocenters. The first-order valence-electron chi connectivity index (χ1n) is 11.0. The van der Waals surface area contributed by atoms with Gasteiger partial charge in [0.25, 0.3) is 5.91 Å². The van der Waals surface area contributed by atoms with E-state index < -0.39 is 15.9 Å². The molecule has 0 saturated carbocycles. The molecule has 4 rings (SSSR count). The number of sulfonamides is 1. The van der Waals surface area contributed by atoms with E-state index in [1.165, 1.54) is 26.8 Å². The van der Waals surface area contributed by atoms with Crippen LogP contribution in [0.1, 0.15) is 24.0 Å². The van der Waals surface area contributed by atoms with Crippen LogP contribution in [0.25, 0.3) is 10.2 Å². The average Bonchev–Trinajstić information content (AvgIpc) is 3.14. The Labute approximate surface area is 203 Å². The van der Waals surface area contributed by atoms with Crippen LogP contribution >= 0.6 is 23.1 Å². The van der Waals surface area contributed by atoms with Crippen molar-refractivity contribution < 1.29 is 13.2 Å². The molecular formula is C24H29N3O3S3. The fourth-order valence-electron chi connectivity index (χ4n) is 4.09. The number of rotatable bonds is 6. The molecule has 1 unspecified atom stereocenters. The Hall–Kier alpha value is -1.94. The molecule has 33 heavy (non-hydrogen) atoms. The van der Waals surface area contributed by atoms with Crippen molar-refractivity contribution in [1.82, 2.24) is 8.87 Å². The third kappa shape index (κ3) is 5.11. The zero-order valence-electron chi connectivity index (χ0n) is 19.2. The lowest BCUT2D eigenvalue weighted by Gasteiger charge is -2.30. The normalized spacial score (nSPS) is 18.2. The Kier molecular flexibility index (Phi) is 7.43. The number of hydrogen-bond acceptors (Lipinski definition) is 5. The van der Waals surface area contributed by atoms with Gasteiger partial charge >= 0.3 is 0 Å². The zero-order chi connectivity index (χ0) is 23.6. The van der Waals surface area contributed by atoms with Crippen molar-refractivity contribution in [2.75, 3.05) is 25.1 Å². The third-order valence-electron chi connectivity index (χ3n) is 6.14. The topological polar surface area (TPSA) is 71.7 Å². The highest BCUT2D eigenvalue weighted by molar-refractivity contribution is 7.98. The number of thioether (sulfide) groups is 1. The summed E-state index contributed by atoms with van der Waals surface area (Å²) in [7, 11) is -3.62. The Morgan fingerprint density at radius 2 is 1.91 bits per heavy atom. The highest BCUT2D eigenvalue weighted by Crippen LogP contribution is 2.25. The fourth-order valence-corrected chi connectivity index (χ4v) is 7.15. The number of benzene rings is 2. The summed E-state index contributed by atoms with van der Waals surface area (Å²) < 4.78 is 30.8. The summed E-state index contributed by atoms with van der Waals surface area (Å²) >= 11 is 3.28. The van der Waals surface area contributed by atoms with E-state index in [1.807, 2.05) is 0 Å². The molecule has 1 aromatic heterocycles. The van der Waals surface area contributed by atoms with Gasteiger partial charge < -0.3 is 4.57 Å². The van der Waals surface area contributed by atoms with E-state index in [2.05, 4.69) is 41.8 Å². The van der Waals surface area contributed by atoms with E-state index in [1.54, 1.807) is 42.1 Å². The molecule has 6 nitrogen and oxygen atoms in total. The summed E-state index contributed by atoms with van der Waals surface area (Å²) in [6, 6.07) is 12.7. The third-order valence-corrected chi connectivity index (χ3v) is 9.65. The predicted molar refractivity (Wildman–Crippen MR) is 136 cm³/mol. The second-order valence-electron chi connectivity index (χ2n) is 8.40. The number of carbonyl (C=O) groups is 1. The number of piperidine rings is 1. The lowest BCUT2D eigenvalue weighted by molar-refractivity contribution is -0.122. The smallest absolute Gasteiger partial charge is 0.252 e. The second-order valence-corrected chi connectivity index (χ2v) is 12.3. The second kappa shape index (κ2) is 10.1. The van der Waals surface area contributed by atoms with Gasteiger partial charge in [0, 0.05) is 25.4 Å². The number of thiazole rings is 1. The molecule has 0 bridgehead atoms. The van der Waals surface area contributed by atoms with Crippen molar-refractivity contribution in [3.05, 3.63) is 58.4 Å².